The molecule has 17 heavy (non-hydrogen) atoms. The Morgan fingerprint density at radius 3 is 2.00 bits per heavy atom. The van der Waals surface area contributed by atoms with Crippen LogP contribution < -0.4 is 0 Å². The molecule has 0 aliphatic heterocycles. The molecular weight excluding hydrogens is 216 g/mol. The Hall–Kier alpha value is -0.120. The fourth-order valence-electron chi connectivity index (χ4n) is 1.87. The molecule has 0 aromatic heterocycles. The average Bonchev–Trinajstić information content (AvgIpc) is 2.21. The van der Waals surface area contributed by atoms with Gasteiger partial charge in [0.15, 0.2) is 0 Å². The van der Waals surface area contributed by atoms with Crippen molar-refractivity contribution in [3.05, 3.63) is 0 Å². The molecule has 104 valence electrons. The molecule has 0 bridgehead atoms. The first-order valence-corrected chi connectivity index (χ1v) is 6.49. The number of methoxy groups -OCH3 is 1. The van der Waals surface area contributed by atoms with Gasteiger partial charge in [0, 0.05) is 13.7 Å². The van der Waals surface area contributed by atoms with E-state index >= 15 is 0 Å². The van der Waals surface area contributed by atoms with Gasteiger partial charge in [0.2, 0.25) is 0 Å². The third kappa shape index (κ3) is 6.39. The van der Waals surface area contributed by atoms with Crippen LogP contribution in [0.25, 0.3) is 0 Å². The lowest BCUT2D eigenvalue weighted by atomic mass is 9.83. The predicted molar refractivity (Wildman–Crippen MR) is 71.2 cm³/mol. The van der Waals surface area contributed by atoms with Crippen LogP contribution in [0.5, 0.6) is 0 Å². The zero-order valence-electron chi connectivity index (χ0n) is 12.5. The highest BCUT2D eigenvalue weighted by molar-refractivity contribution is 4.83. The average molecular weight is 246 g/mol. The van der Waals surface area contributed by atoms with Gasteiger partial charge in [-0.15, -0.1) is 0 Å². The van der Waals surface area contributed by atoms with Crippen LogP contribution >= 0.6 is 0 Å². The number of hydrogen-bond donors (Lipinski definition) is 1. The predicted octanol–water partition coefficient (Wildman–Crippen LogP) is 3.00. The summed E-state index contributed by atoms with van der Waals surface area (Å²) in [5.74, 6) is 0. The molecule has 0 heterocycles. The molecule has 0 aliphatic rings. The molecule has 3 nitrogen and oxygen atoms in total. The minimum absolute atomic E-state index is 0.0490. The SMILES string of the molecule is CCOC(C(O)CCC(C)(C)OC)C(C)(C)C. The van der Waals surface area contributed by atoms with E-state index in [1.807, 2.05) is 20.8 Å². The molecule has 0 saturated carbocycles. The summed E-state index contributed by atoms with van der Waals surface area (Å²) in [7, 11) is 1.70. The Bertz CT molecular complexity index is 206. The Morgan fingerprint density at radius 1 is 1.12 bits per heavy atom. The molecule has 0 radical (unpaired) electrons. The smallest absolute Gasteiger partial charge is 0.0881 e. The van der Waals surface area contributed by atoms with Crippen LogP contribution in [0.3, 0.4) is 0 Å². The third-order valence-corrected chi connectivity index (χ3v) is 3.14. The summed E-state index contributed by atoms with van der Waals surface area (Å²) in [5, 5.41) is 10.3. The van der Waals surface area contributed by atoms with E-state index in [4.69, 9.17) is 9.47 Å². The zero-order valence-corrected chi connectivity index (χ0v) is 12.5. The number of rotatable bonds is 7. The fraction of sp³-hybridized carbons (Fsp3) is 1.00. The van der Waals surface area contributed by atoms with Gasteiger partial charge in [-0.3, -0.25) is 0 Å². The van der Waals surface area contributed by atoms with Crippen LogP contribution in [0.2, 0.25) is 0 Å². The lowest BCUT2D eigenvalue weighted by Crippen LogP contribution is -2.41. The minimum atomic E-state index is -0.440. The number of ether oxygens (including phenoxy) is 2. The second kappa shape index (κ2) is 6.72. The maximum atomic E-state index is 10.3. The maximum Gasteiger partial charge on any atom is 0.0881 e. The van der Waals surface area contributed by atoms with Crippen molar-refractivity contribution in [1.82, 2.24) is 0 Å². The normalized spacial score (nSPS) is 16.9. The van der Waals surface area contributed by atoms with Gasteiger partial charge in [-0.05, 0) is 39.0 Å². The molecule has 2 unspecified atom stereocenters. The molecular formula is C14H30O3. The van der Waals surface area contributed by atoms with Crippen LogP contribution in [0.15, 0.2) is 0 Å². The van der Waals surface area contributed by atoms with Gasteiger partial charge in [-0.25, -0.2) is 0 Å². The highest BCUT2D eigenvalue weighted by Gasteiger charge is 2.32. The molecule has 0 aromatic rings. The lowest BCUT2D eigenvalue weighted by molar-refractivity contribution is -0.0975. The monoisotopic (exact) mass is 246 g/mol. The van der Waals surface area contributed by atoms with E-state index in [1.165, 1.54) is 0 Å². The van der Waals surface area contributed by atoms with Gasteiger partial charge in [-0.1, -0.05) is 20.8 Å². The van der Waals surface area contributed by atoms with Crippen LogP contribution in [-0.4, -0.2) is 36.6 Å². The molecule has 3 heteroatoms. The van der Waals surface area contributed by atoms with Crippen LogP contribution in [0.1, 0.15) is 54.4 Å². The van der Waals surface area contributed by atoms with Crippen molar-refractivity contribution < 1.29 is 14.6 Å². The first-order chi connectivity index (χ1) is 7.64. The lowest BCUT2D eigenvalue weighted by Gasteiger charge is -2.35. The van der Waals surface area contributed by atoms with Crippen molar-refractivity contribution in [2.75, 3.05) is 13.7 Å². The first-order valence-electron chi connectivity index (χ1n) is 6.49. The van der Waals surface area contributed by atoms with Crippen molar-refractivity contribution in [3.8, 4) is 0 Å². The van der Waals surface area contributed by atoms with E-state index in [2.05, 4.69) is 20.8 Å². The standard InChI is InChI=1S/C14H30O3/c1-8-17-12(13(2,3)4)11(15)9-10-14(5,6)16-7/h11-12,15H,8-10H2,1-7H3. The number of aliphatic hydroxyl groups excluding tert-OH is 1. The topological polar surface area (TPSA) is 38.7 Å². The first kappa shape index (κ1) is 16.9. The second-order valence-electron chi connectivity index (χ2n) is 6.31. The van der Waals surface area contributed by atoms with E-state index in [0.717, 1.165) is 6.42 Å². The largest absolute Gasteiger partial charge is 0.390 e. The van der Waals surface area contributed by atoms with E-state index in [9.17, 15) is 5.11 Å². The van der Waals surface area contributed by atoms with Crippen molar-refractivity contribution in [3.63, 3.8) is 0 Å². The Kier molecular flexibility index (Phi) is 6.67. The van der Waals surface area contributed by atoms with Crippen LogP contribution in [-0.2, 0) is 9.47 Å². The zero-order chi connectivity index (χ0) is 13.7. The Labute approximate surface area is 107 Å². The molecule has 1 N–H and O–H groups in total. The van der Waals surface area contributed by atoms with E-state index in [0.29, 0.717) is 13.0 Å². The van der Waals surface area contributed by atoms with Gasteiger partial charge < -0.3 is 14.6 Å². The summed E-state index contributed by atoms with van der Waals surface area (Å²) in [4.78, 5) is 0. The summed E-state index contributed by atoms with van der Waals surface area (Å²) in [6.07, 6.45) is 0.956. The van der Waals surface area contributed by atoms with Gasteiger partial charge in [0.05, 0.1) is 17.8 Å². The van der Waals surface area contributed by atoms with E-state index < -0.39 is 6.10 Å². The third-order valence-electron chi connectivity index (χ3n) is 3.14. The minimum Gasteiger partial charge on any atom is -0.390 e. The van der Waals surface area contributed by atoms with Crippen LogP contribution in [0, 0.1) is 5.41 Å². The van der Waals surface area contributed by atoms with Crippen LogP contribution in [0.4, 0.5) is 0 Å². The maximum absolute atomic E-state index is 10.3. The van der Waals surface area contributed by atoms with E-state index in [-0.39, 0.29) is 17.1 Å². The molecule has 0 aliphatic carbocycles. The van der Waals surface area contributed by atoms with Crippen molar-refractivity contribution in [1.29, 1.82) is 0 Å². The summed E-state index contributed by atoms with van der Waals surface area (Å²) in [6, 6.07) is 0. The number of hydrogen-bond acceptors (Lipinski definition) is 3. The van der Waals surface area contributed by atoms with Crippen molar-refractivity contribution in [2.45, 2.75) is 72.2 Å². The highest BCUT2D eigenvalue weighted by atomic mass is 16.5. The second-order valence-corrected chi connectivity index (χ2v) is 6.31. The Balaban J connectivity index is 4.39. The van der Waals surface area contributed by atoms with Gasteiger partial charge >= 0.3 is 0 Å². The molecule has 0 fully saturated rings. The molecule has 0 rings (SSSR count). The highest BCUT2D eigenvalue weighted by Crippen LogP contribution is 2.28. The summed E-state index contributed by atoms with van der Waals surface area (Å²) < 4.78 is 11.0. The Morgan fingerprint density at radius 2 is 1.65 bits per heavy atom. The quantitative estimate of drug-likeness (QED) is 0.750. The van der Waals surface area contributed by atoms with E-state index in [1.54, 1.807) is 7.11 Å². The summed E-state index contributed by atoms with van der Waals surface area (Å²) in [5.41, 5.74) is -0.234. The molecule has 0 saturated heterocycles. The van der Waals surface area contributed by atoms with Gasteiger partial charge in [0.25, 0.3) is 0 Å². The fourth-order valence-corrected chi connectivity index (χ4v) is 1.87. The van der Waals surface area contributed by atoms with Crippen molar-refractivity contribution >= 4 is 0 Å². The molecule has 0 amide bonds. The van der Waals surface area contributed by atoms with Gasteiger partial charge in [-0.2, -0.15) is 0 Å². The summed E-state index contributed by atoms with van der Waals surface area (Å²) in [6.45, 7) is 12.9. The molecule has 2 atom stereocenters. The molecule has 0 spiro atoms. The summed E-state index contributed by atoms with van der Waals surface area (Å²) >= 11 is 0. The van der Waals surface area contributed by atoms with Gasteiger partial charge in [0.1, 0.15) is 0 Å². The number of aliphatic hydroxyl groups is 1. The van der Waals surface area contributed by atoms with Crippen molar-refractivity contribution in [2.24, 2.45) is 5.41 Å². The molecule has 0 aromatic carbocycles.